The molecule has 3 aliphatic rings. The molecule has 1 nitrogen and oxygen atoms in total. The molecule has 1 aliphatic heterocycles. The maximum absolute atomic E-state index is 5.25. The third-order valence-corrected chi connectivity index (χ3v) is 6.87. The van der Waals surface area contributed by atoms with Crippen LogP contribution in [0.15, 0.2) is 11.6 Å². The summed E-state index contributed by atoms with van der Waals surface area (Å²) < 4.78 is 5.25. The van der Waals surface area contributed by atoms with E-state index in [4.69, 9.17) is 4.74 Å². The zero-order chi connectivity index (χ0) is 20.1. The highest BCUT2D eigenvalue weighted by Gasteiger charge is 2.16. The molecule has 2 aliphatic carbocycles. The van der Waals surface area contributed by atoms with Crippen LogP contribution >= 0.6 is 0 Å². The van der Waals surface area contributed by atoms with Crippen molar-refractivity contribution in [2.24, 2.45) is 29.6 Å². The van der Waals surface area contributed by atoms with E-state index in [0.717, 1.165) is 42.8 Å². The minimum atomic E-state index is 0. The average molecular weight is 389 g/mol. The van der Waals surface area contributed by atoms with Crippen molar-refractivity contribution in [1.29, 1.82) is 0 Å². The lowest BCUT2D eigenvalue weighted by atomic mass is 9.82. The molecule has 1 saturated carbocycles. The first-order valence-electron chi connectivity index (χ1n) is 12.2. The van der Waals surface area contributed by atoms with E-state index in [-0.39, 0.29) is 8.41 Å². The molecule has 0 aromatic carbocycles. The lowest BCUT2D eigenvalue weighted by Crippen LogP contribution is -2.19. The molecular formula is C26H50BO. The Labute approximate surface area is 180 Å². The van der Waals surface area contributed by atoms with Gasteiger partial charge in [-0.2, -0.15) is 0 Å². The van der Waals surface area contributed by atoms with Gasteiger partial charge in [0.05, 0.1) is 0 Å². The normalized spacial score (nSPS) is 21.2. The van der Waals surface area contributed by atoms with Crippen LogP contribution in [0.3, 0.4) is 0 Å². The molecule has 3 radical (unpaired) electrons. The summed E-state index contributed by atoms with van der Waals surface area (Å²) in [5, 5.41) is 0. The Morgan fingerprint density at radius 2 is 1.25 bits per heavy atom. The minimum absolute atomic E-state index is 0. The molecule has 0 unspecified atom stereocenters. The third kappa shape index (κ3) is 12.4. The highest BCUT2D eigenvalue weighted by atomic mass is 16.5. The van der Waals surface area contributed by atoms with Crippen molar-refractivity contribution in [3.05, 3.63) is 11.6 Å². The van der Waals surface area contributed by atoms with Crippen LogP contribution < -0.4 is 0 Å². The summed E-state index contributed by atoms with van der Waals surface area (Å²) >= 11 is 0. The molecule has 163 valence electrons. The number of ether oxygens (including phenoxy) is 1. The van der Waals surface area contributed by atoms with E-state index in [1.165, 1.54) is 70.6 Å². The van der Waals surface area contributed by atoms with Gasteiger partial charge in [-0.1, -0.05) is 85.3 Å². The van der Waals surface area contributed by atoms with Crippen LogP contribution in [0.4, 0.5) is 0 Å². The van der Waals surface area contributed by atoms with Gasteiger partial charge >= 0.3 is 0 Å². The summed E-state index contributed by atoms with van der Waals surface area (Å²) in [6, 6.07) is 0. The van der Waals surface area contributed by atoms with Gasteiger partial charge in [-0.15, -0.1) is 0 Å². The van der Waals surface area contributed by atoms with E-state index in [2.05, 4.69) is 47.6 Å². The Morgan fingerprint density at radius 1 is 0.714 bits per heavy atom. The van der Waals surface area contributed by atoms with Crippen molar-refractivity contribution < 1.29 is 4.74 Å². The lowest BCUT2D eigenvalue weighted by molar-refractivity contribution is 0.0523. The Morgan fingerprint density at radius 3 is 1.57 bits per heavy atom. The maximum Gasteiger partial charge on any atom is 0.0468 e. The summed E-state index contributed by atoms with van der Waals surface area (Å²) in [5.74, 6) is 4.57. The number of allylic oxidation sites excluding steroid dienone is 2. The van der Waals surface area contributed by atoms with Gasteiger partial charge in [0.15, 0.2) is 0 Å². The summed E-state index contributed by atoms with van der Waals surface area (Å²) in [5.41, 5.74) is 1.68. The van der Waals surface area contributed by atoms with E-state index >= 15 is 0 Å². The van der Waals surface area contributed by atoms with E-state index < -0.39 is 0 Å². The third-order valence-electron chi connectivity index (χ3n) is 6.87. The predicted molar refractivity (Wildman–Crippen MR) is 127 cm³/mol. The maximum atomic E-state index is 5.25. The van der Waals surface area contributed by atoms with Gasteiger partial charge in [0, 0.05) is 21.6 Å². The van der Waals surface area contributed by atoms with Crippen molar-refractivity contribution >= 4 is 8.41 Å². The zero-order valence-corrected chi connectivity index (χ0v) is 20.1. The Balaban J connectivity index is 0.000000384. The first kappa shape index (κ1) is 27.8. The fourth-order valence-electron chi connectivity index (χ4n) is 4.57. The minimum Gasteiger partial charge on any atom is -0.381 e. The van der Waals surface area contributed by atoms with Gasteiger partial charge in [0.1, 0.15) is 0 Å². The molecule has 2 heteroatoms. The molecule has 0 atom stereocenters. The first-order chi connectivity index (χ1) is 12.9. The van der Waals surface area contributed by atoms with Crippen LogP contribution in [0.2, 0.25) is 0 Å². The molecule has 0 spiro atoms. The lowest BCUT2D eigenvalue weighted by Gasteiger charge is -2.24. The molecule has 3 rings (SSSR count). The van der Waals surface area contributed by atoms with Gasteiger partial charge in [-0.05, 0) is 68.1 Å². The topological polar surface area (TPSA) is 9.23 Å². The van der Waals surface area contributed by atoms with Crippen molar-refractivity contribution in [2.75, 3.05) is 13.2 Å². The molecule has 0 aromatic rings. The monoisotopic (exact) mass is 389 g/mol. The van der Waals surface area contributed by atoms with Crippen LogP contribution in [-0.2, 0) is 4.74 Å². The van der Waals surface area contributed by atoms with Crippen LogP contribution in [0.25, 0.3) is 0 Å². The van der Waals surface area contributed by atoms with Crippen LogP contribution in [0.1, 0.15) is 112 Å². The Bertz CT molecular complexity index is 352. The molecular weight excluding hydrogens is 339 g/mol. The van der Waals surface area contributed by atoms with Gasteiger partial charge in [0.25, 0.3) is 0 Å². The standard InChI is InChI=1S/C9H18.C9H16.C8H16O.B/c2*1-8(2)9-6-4-3-5-7-9;1-7(2)8-3-5-9-6-4-8;/h8-9H,3-7H2,1-2H3;6,8H,3-5,7H2,1-2H3;7-8H,3-6H2,1-2H3;. The van der Waals surface area contributed by atoms with Crippen molar-refractivity contribution in [2.45, 2.75) is 112 Å². The fraction of sp³-hybridized carbons (Fsp3) is 0.923. The van der Waals surface area contributed by atoms with Gasteiger partial charge < -0.3 is 4.74 Å². The predicted octanol–water partition coefficient (Wildman–Crippen LogP) is 8.05. The second-order valence-electron chi connectivity index (χ2n) is 10.0. The number of hydrogen-bond acceptors (Lipinski definition) is 1. The quantitative estimate of drug-likeness (QED) is 0.350. The van der Waals surface area contributed by atoms with Gasteiger partial charge in [-0.25, -0.2) is 0 Å². The highest BCUT2D eigenvalue weighted by Crippen LogP contribution is 2.29. The van der Waals surface area contributed by atoms with Crippen LogP contribution in [0, 0.1) is 29.6 Å². The molecule has 1 heterocycles. The van der Waals surface area contributed by atoms with Gasteiger partial charge in [-0.3, -0.25) is 0 Å². The van der Waals surface area contributed by atoms with Gasteiger partial charge in [0.2, 0.25) is 0 Å². The molecule has 0 bridgehead atoms. The highest BCUT2D eigenvalue weighted by molar-refractivity contribution is 5.75. The first-order valence-corrected chi connectivity index (χ1v) is 12.2. The van der Waals surface area contributed by atoms with Crippen molar-refractivity contribution in [3.63, 3.8) is 0 Å². The molecule has 28 heavy (non-hydrogen) atoms. The summed E-state index contributed by atoms with van der Waals surface area (Å²) in [6.45, 7) is 15.9. The summed E-state index contributed by atoms with van der Waals surface area (Å²) in [4.78, 5) is 0. The fourth-order valence-corrected chi connectivity index (χ4v) is 4.57. The summed E-state index contributed by atoms with van der Waals surface area (Å²) in [6.07, 6.45) is 18.0. The van der Waals surface area contributed by atoms with Crippen molar-refractivity contribution in [1.82, 2.24) is 0 Å². The molecule has 0 N–H and O–H groups in total. The largest absolute Gasteiger partial charge is 0.381 e. The smallest absolute Gasteiger partial charge is 0.0468 e. The molecule has 0 aromatic heterocycles. The second kappa shape index (κ2) is 16.6. The molecule has 1 saturated heterocycles. The van der Waals surface area contributed by atoms with E-state index in [0.29, 0.717) is 0 Å². The van der Waals surface area contributed by atoms with E-state index in [1.807, 2.05) is 0 Å². The van der Waals surface area contributed by atoms with Crippen LogP contribution in [-0.4, -0.2) is 21.6 Å². The average Bonchev–Trinajstić information content (AvgIpc) is 2.71. The Kier molecular flexibility index (Phi) is 16.4. The van der Waals surface area contributed by atoms with Crippen molar-refractivity contribution in [3.8, 4) is 0 Å². The number of rotatable bonds is 3. The van der Waals surface area contributed by atoms with E-state index in [9.17, 15) is 0 Å². The number of hydrogen-bond donors (Lipinski definition) is 0. The molecule has 2 fully saturated rings. The Hall–Kier alpha value is -0.235. The van der Waals surface area contributed by atoms with Crippen LogP contribution in [0.5, 0.6) is 0 Å². The van der Waals surface area contributed by atoms with E-state index in [1.54, 1.807) is 5.57 Å². The summed E-state index contributed by atoms with van der Waals surface area (Å²) in [7, 11) is 0. The zero-order valence-electron chi connectivity index (χ0n) is 20.1. The molecule has 0 amide bonds. The SMILES string of the molecule is CC(C)C1=CCCCC1.CC(C)C1CCCCC1.CC(C)C1CCOCC1.[B]. The second-order valence-corrected chi connectivity index (χ2v) is 10.0.